The van der Waals surface area contributed by atoms with E-state index in [-0.39, 0.29) is 48.9 Å². The number of hydrogen-bond donors (Lipinski definition) is 2. The lowest BCUT2D eigenvalue weighted by Gasteiger charge is -2.42. The van der Waals surface area contributed by atoms with Crippen LogP contribution in [0.3, 0.4) is 0 Å². The first kappa shape index (κ1) is 23.4. The first-order chi connectivity index (χ1) is 10.4. The predicted octanol–water partition coefficient (Wildman–Crippen LogP) is 2.41. The zero-order chi connectivity index (χ0) is 16.2. The molecule has 2 rings (SSSR count). The van der Waals surface area contributed by atoms with Crippen LogP contribution < -0.4 is 11.1 Å². The number of amides is 1. The van der Waals surface area contributed by atoms with Gasteiger partial charge in [0.15, 0.2) is 0 Å². The zero-order valence-corrected chi connectivity index (χ0v) is 16.3. The summed E-state index contributed by atoms with van der Waals surface area (Å²) in [5, 5.41) is 3.60. The number of carbonyl (C=O) groups excluding carboxylic acids is 1. The van der Waals surface area contributed by atoms with Gasteiger partial charge in [-0.15, -0.1) is 24.8 Å². The summed E-state index contributed by atoms with van der Waals surface area (Å²) < 4.78 is 5.78. The van der Waals surface area contributed by atoms with Crippen molar-refractivity contribution < 1.29 is 9.53 Å². The van der Waals surface area contributed by atoms with Gasteiger partial charge in [0.25, 0.3) is 0 Å². The van der Waals surface area contributed by atoms with E-state index < -0.39 is 0 Å². The van der Waals surface area contributed by atoms with Crippen molar-refractivity contribution in [3.8, 4) is 0 Å². The van der Waals surface area contributed by atoms with E-state index in [1.165, 1.54) is 0 Å². The number of carbonyl (C=O) groups is 1. The molecule has 0 aliphatic carbocycles. The Morgan fingerprint density at radius 2 is 2.00 bits per heavy atom. The molecule has 1 amide bonds. The highest BCUT2D eigenvalue weighted by atomic mass is 35.5. The fourth-order valence-electron chi connectivity index (χ4n) is 2.74. The molecular weight excluding hydrogens is 373 g/mol. The van der Waals surface area contributed by atoms with Crippen molar-refractivity contribution in [3.63, 3.8) is 0 Å². The van der Waals surface area contributed by atoms with Crippen molar-refractivity contribution in [2.45, 2.75) is 25.5 Å². The SMILES string of the molecule is CC1(C)CN(C(CNC(=O)CN)c2ccc(Cl)cc2)CCO1.Cl.Cl. The molecule has 0 radical (unpaired) electrons. The van der Waals surface area contributed by atoms with Gasteiger partial charge in [0.2, 0.25) is 5.91 Å². The van der Waals surface area contributed by atoms with Crippen molar-refractivity contribution >= 4 is 42.3 Å². The minimum atomic E-state index is -0.194. The minimum Gasteiger partial charge on any atom is -0.373 e. The van der Waals surface area contributed by atoms with Gasteiger partial charge in [-0.2, -0.15) is 0 Å². The van der Waals surface area contributed by atoms with E-state index in [1.807, 2.05) is 24.3 Å². The number of rotatable bonds is 5. The molecule has 1 aromatic rings. The molecule has 5 nitrogen and oxygen atoms in total. The first-order valence-electron chi connectivity index (χ1n) is 7.51. The third kappa shape index (κ3) is 6.75. The molecule has 24 heavy (non-hydrogen) atoms. The Labute approximate surface area is 161 Å². The summed E-state index contributed by atoms with van der Waals surface area (Å²) in [6.45, 7) is 7.00. The molecule has 0 aromatic heterocycles. The van der Waals surface area contributed by atoms with Gasteiger partial charge in [-0.25, -0.2) is 0 Å². The summed E-state index contributed by atoms with van der Waals surface area (Å²) >= 11 is 5.98. The van der Waals surface area contributed by atoms with Crippen LogP contribution in [0, 0.1) is 0 Å². The lowest BCUT2D eigenvalue weighted by Crippen LogP contribution is -2.51. The highest BCUT2D eigenvalue weighted by Crippen LogP contribution is 2.27. The van der Waals surface area contributed by atoms with Crippen LogP contribution in [0.2, 0.25) is 5.02 Å². The zero-order valence-electron chi connectivity index (χ0n) is 14.0. The molecule has 1 atom stereocenters. The maximum absolute atomic E-state index is 11.5. The van der Waals surface area contributed by atoms with Gasteiger partial charge in [0.05, 0.1) is 24.8 Å². The van der Waals surface area contributed by atoms with Crippen molar-refractivity contribution in [2.24, 2.45) is 5.73 Å². The number of benzene rings is 1. The Morgan fingerprint density at radius 3 is 2.54 bits per heavy atom. The lowest BCUT2D eigenvalue weighted by atomic mass is 10.0. The molecule has 1 saturated heterocycles. The van der Waals surface area contributed by atoms with Gasteiger partial charge >= 0.3 is 0 Å². The molecule has 0 saturated carbocycles. The molecule has 8 heteroatoms. The molecule has 1 aliphatic rings. The van der Waals surface area contributed by atoms with Gasteiger partial charge in [-0.05, 0) is 31.5 Å². The number of hydrogen-bond acceptors (Lipinski definition) is 4. The molecule has 0 spiro atoms. The Kier molecular flexibility index (Phi) is 10.2. The number of nitrogens with two attached hydrogens (primary N) is 1. The van der Waals surface area contributed by atoms with Crippen molar-refractivity contribution in [3.05, 3.63) is 34.9 Å². The second-order valence-corrected chi connectivity index (χ2v) is 6.59. The predicted molar refractivity (Wildman–Crippen MR) is 102 cm³/mol. The Morgan fingerprint density at radius 1 is 1.38 bits per heavy atom. The van der Waals surface area contributed by atoms with E-state index in [4.69, 9.17) is 22.1 Å². The Balaban J connectivity index is 0.00000264. The van der Waals surface area contributed by atoms with Gasteiger partial charge in [0, 0.05) is 24.7 Å². The van der Waals surface area contributed by atoms with Crippen LogP contribution >= 0.6 is 36.4 Å². The summed E-state index contributed by atoms with van der Waals surface area (Å²) in [6.07, 6.45) is 0. The molecule has 0 bridgehead atoms. The largest absolute Gasteiger partial charge is 0.373 e. The highest BCUT2D eigenvalue weighted by Gasteiger charge is 2.32. The third-order valence-corrected chi connectivity index (χ3v) is 4.08. The maximum atomic E-state index is 11.5. The summed E-state index contributed by atoms with van der Waals surface area (Å²) in [7, 11) is 0. The van der Waals surface area contributed by atoms with E-state index >= 15 is 0 Å². The van der Waals surface area contributed by atoms with Crippen LogP contribution in [0.15, 0.2) is 24.3 Å². The molecule has 1 fully saturated rings. The first-order valence-corrected chi connectivity index (χ1v) is 7.89. The van der Waals surface area contributed by atoms with Crippen molar-refractivity contribution in [2.75, 3.05) is 32.8 Å². The van der Waals surface area contributed by atoms with Crippen LogP contribution in [0.4, 0.5) is 0 Å². The minimum absolute atomic E-state index is 0. The molecule has 1 heterocycles. The summed E-state index contributed by atoms with van der Waals surface area (Å²) in [5.41, 5.74) is 6.31. The average molecular weight is 399 g/mol. The van der Waals surface area contributed by atoms with E-state index in [0.717, 1.165) is 18.7 Å². The summed E-state index contributed by atoms with van der Waals surface area (Å²) in [6, 6.07) is 7.84. The molecular formula is C16H26Cl3N3O2. The summed E-state index contributed by atoms with van der Waals surface area (Å²) in [5.74, 6) is -0.147. The number of halogens is 3. The van der Waals surface area contributed by atoms with E-state index in [0.29, 0.717) is 18.2 Å². The monoisotopic (exact) mass is 397 g/mol. The average Bonchev–Trinajstić information content (AvgIpc) is 2.48. The lowest BCUT2D eigenvalue weighted by molar-refractivity contribution is -0.120. The Hall–Kier alpha value is -0.560. The third-order valence-electron chi connectivity index (χ3n) is 3.83. The van der Waals surface area contributed by atoms with Gasteiger partial charge in [-0.3, -0.25) is 9.69 Å². The normalized spacial score (nSPS) is 18.0. The van der Waals surface area contributed by atoms with Gasteiger partial charge < -0.3 is 15.8 Å². The smallest absolute Gasteiger partial charge is 0.233 e. The van der Waals surface area contributed by atoms with E-state index in [2.05, 4.69) is 24.1 Å². The molecule has 1 unspecified atom stereocenters. The van der Waals surface area contributed by atoms with Crippen molar-refractivity contribution in [1.82, 2.24) is 10.2 Å². The quantitative estimate of drug-likeness (QED) is 0.799. The summed E-state index contributed by atoms with van der Waals surface area (Å²) in [4.78, 5) is 13.8. The molecule has 1 aromatic carbocycles. The van der Waals surface area contributed by atoms with E-state index in [1.54, 1.807) is 0 Å². The molecule has 1 aliphatic heterocycles. The van der Waals surface area contributed by atoms with Crippen LogP contribution in [0.5, 0.6) is 0 Å². The molecule has 138 valence electrons. The fourth-order valence-corrected chi connectivity index (χ4v) is 2.87. The number of morpholine rings is 1. The van der Waals surface area contributed by atoms with Crippen molar-refractivity contribution in [1.29, 1.82) is 0 Å². The van der Waals surface area contributed by atoms with Crippen LogP contribution in [0.25, 0.3) is 0 Å². The second-order valence-electron chi connectivity index (χ2n) is 6.15. The Bertz CT molecular complexity index is 512. The number of nitrogens with zero attached hydrogens (tertiary/aromatic N) is 1. The standard InChI is InChI=1S/C16H24ClN3O2.2ClH/c1-16(2)11-20(7-8-22-16)14(10-19-15(21)9-18)12-3-5-13(17)6-4-12;;/h3-6,14H,7-11,18H2,1-2H3,(H,19,21);2*1H. The van der Waals surface area contributed by atoms with Crippen LogP contribution in [-0.2, 0) is 9.53 Å². The van der Waals surface area contributed by atoms with Crippen LogP contribution in [-0.4, -0.2) is 49.2 Å². The highest BCUT2D eigenvalue weighted by molar-refractivity contribution is 6.30. The second kappa shape index (κ2) is 10.4. The van der Waals surface area contributed by atoms with Gasteiger partial charge in [-0.1, -0.05) is 23.7 Å². The maximum Gasteiger partial charge on any atom is 0.233 e. The van der Waals surface area contributed by atoms with E-state index in [9.17, 15) is 4.79 Å². The van der Waals surface area contributed by atoms with Gasteiger partial charge in [0.1, 0.15) is 0 Å². The fraction of sp³-hybridized carbons (Fsp3) is 0.562. The number of nitrogens with one attached hydrogen (secondary N) is 1. The van der Waals surface area contributed by atoms with Crippen LogP contribution in [0.1, 0.15) is 25.5 Å². The topological polar surface area (TPSA) is 67.6 Å². The molecule has 3 N–H and O–H groups in total. The number of ether oxygens (including phenoxy) is 1.